The Bertz CT molecular complexity index is 2220. The van der Waals surface area contributed by atoms with Crippen LogP contribution < -0.4 is 31.8 Å². The fraction of sp³-hybridized carbons (Fsp3) is 0.154. The Morgan fingerprint density at radius 2 is 0.636 bits per heavy atom. The molecule has 0 saturated carbocycles. The lowest BCUT2D eigenvalue weighted by Gasteiger charge is -2.32. The largest absolute Gasteiger partial charge is 0.127 e. The number of hydrogen-bond acceptors (Lipinski definition) is 0. The van der Waals surface area contributed by atoms with Crippen LogP contribution in [0.3, 0.4) is 0 Å². The van der Waals surface area contributed by atoms with E-state index < -0.39 is 15.8 Å². The van der Waals surface area contributed by atoms with Crippen LogP contribution in [0.25, 0.3) is 32.7 Å². The van der Waals surface area contributed by atoms with E-state index in [1.54, 1.807) is 33.0 Å². The highest BCUT2D eigenvalue weighted by Gasteiger charge is 2.29. The molecule has 2 aliphatic rings. The Morgan fingerprint density at radius 1 is 0.327 bits per heavy atom. The van der Waals surface area contributed by atoms with Gasteiger partial charge in [0.15, 0.2) is 0 Å². The minimum Gasteiger partial charge on any atom is -0.0654 e. The lowest BCUT2D eigenvalue weighted by atomic mass is 9.44. The van der Waals surface area contributed by atoms with E-state index in [1.807, 2.05) is 0 Å². The summed E-state index contributed by atoms with van der Waals surface area (Å²) in [7, 11) is -0.121. The molecule has 2 fully saturated rings. The fourth-order valence-corrected chi connectivity index (χ4v) is 14.2. The van der Waals surface area contributed by atoms with Crippen LogP contribution in [-0.2, 0) is 0 Å². The van der Waals surface area contributed by atoms with Crippen molar-refractivity contribution in [1.82, 2.24) is 0 Å². The van der Waals surface area contributed by atoms with Crippen molar-refractivity contribution < 1.29 is 0 Å². The van der Waals surface area contributed by atoms with E-state index in [1.165, 1.54) is 77.3 Å². The molecule has 0 aliphatic carbocycles. The maximum atomic E-state index is 2.42. The second kappa shape index (κ2) is 16.9. The van der Waals surface area contributed by atoms with Crippen molar-refractivity contribution in [2.45, 2.75) is 50.2 Å². The monoisotopic (exact) mass is 744 g/mol. The molecule has 2 bridgehead atoms. The molecule has 268 valence electrons. The molecule has 8 aromatic carbocycles. The van der Waals surface area contributed by atoms with Crippen LogP contribution in [0.5, 0.6) is 0 Å². The molecule has 0 spiro atoms. The van der Waals surface area contributed by atoms with Crippen LogP contribution >= 0.6 is 15.8 Å². The second-order valence-electron chi connectivity index (χ2n) is 15.2. The van der Waals surface area contributed by atoms with E-state index in [9.17, 15) is 0 Å². The summed E-state index contributed by atoms with van der Waals surface area (Å²) < 4.78 is 0. The van der Waals surface area contributed by atoms with Gasteiger partial charge >= 0.3 is 0 Å². The first-order valence-electron chi connectivity index (χ1n) is 20.2. The molecular weight excluding hydrogens is 697 g/mol. The van der Waals surface area contributed by atoms with Gasteiger partial charge in [0.1, 0.15) is 7.28 Å². The predicted molar refractivity (Wildman–Crippen MR) is 247 cm³/mol. The lowest BCUT2D eigenvalue weighted by Crippen LogP contribution is -2.26. The van der Waals surface area contributed by atoms with Crippen LogP contribution in [0.2, 0.25) is 11.6 Å². The summed E-state index contributed by atoms with van der Waals surface area (Å²) >= 11 is 0. The van der Waals surface area contributed by atoms with Crippen molar-refractivity contribution in [3.8, 4) is 11.1 Å². The van der Waals surface area contributed by atoms with Crippen LogP contribution in [0.1, 0.15) is 38.5 Å². The fourth-order valence-electron chi connectivity index (χ4n) is 9.20. The van der Waals surface area contributed by atoms with Gasteiger partial charge in [-0.05, 0) is 80.3 Å². The maximum Gasteiger partial charge on any atom is 0.127 e. The topological polar surface area (TPSA) is 0 Å². The molecule has 8 aromatic rings. The zero-order chi connectivity index (χ0) is 36.8. The van der Waals surface area contributed by atoms with Crippen molar-refractivity contribution in [2.75, 3.05) is 0 Å². The third kappa shape index (κ3) is 7.72. The van der Waals surface area contributed by atoms with Gasteiger partial charge in [0.2, 0.25) is 0 Å². The van der Waals surface area contributed by atoms with Crippen LogP contribution in [0.4, 0.5) is 0 Å². The molecule has 0 N–H and O–H groups in total. The Morgan fingerprint density at radius 3 is 0.964 bits per heavy atom. The van der Waals surface area contributed by atoms with Gasteiger partial charge in [-0.2, -0.15) is 0 Å². The van der Waals surface area contributed by atoms with E-state index in [-0.39, 0.29) is 0 Å². The van der Waals surface area contributed by atoms with E-state index in [0.29, 0.717) is 0 Å². The second-order valence-corrected chi connectivity index (χ2v) is 19.6. The van der Waals surface area contributed by atoms with Gasteiger partial charge in [-0.25, -0.2) is 0 Å². The zero-order valence-electron chi connectivity index (χ0n) is 31.5. The lowest BCUT2D eigenvalue weighted by molar-refractivity contribution is 0.455. The first-order valence-corrected chi connectivity index (χ1v) is 22.8. The molecule has 0 radical (unpaired) electrons. The molecule has 2 saturated heterocycles. The number of rotatable bonds is 7. The molecule has 3 heteroatoms. The Labute approximate surface area is 330 Å². The third-order valence-corrected chi connectivity index (χ3v) is 16.7. The highest BCUT2D eigenvalue weighted by molar-refractivity contribution is 7.80. The summed E-state index contributed by atoms with van der Waals surface area (Å²) in [6.45, 7) is 0. The molecular formula is C52H47BP2. The summed E-state index contributed by atoms with van der Waals surface area (Å²) in [5.74, 6) is 2.30. The quantitative estimate of drug-likeness (QED) is 0.113. The minimum atomic E-state index is -0.852. The van der Waals surface area contributed by atoms with Gasteiger partial charge < -0.3 is 0 Å². The number of benzene rings is 8. The molecule has 55 heavy (non-hydrogen) atoms. The predicted octanol–water partition coefficient (Wildman–Crippen LogP) is 11.5. The van der Waals surface area contributed by atoms with Gasteiger partial charge in [0, 0.05) is 0 Å². The summed E-state index contributed by atoms with van der Waals surface area (Å²) in [6, 6.07) is 71.8. The van der Waals surface area contributed by atoms with Crippen LogP contribution in [-0.4, -0.2) is 7.28 Å². The summed E-state index contributed by atoms with van der Waals surface area (Å²) in [5.41, 5.74) is 2.70. The van der Waals surface area contributed by atoms with Crippen molar-refractivity contribution >= 4 is 76.5 Å². The molecule has 0 amide bonds. The average molecular weight is 745 g/mol. The van der Waals surface area contributed by atoms with E-state index in [4.69, 9.17) is 0 Å². The van der Waals surface area contributed by atoms with E-state index in [2.05, 4.69) is 194 Å². The number of hydrogen-bond donors (Lipinski definition) is 0. The van der Waals surface area contributed by atoms with Crippen molar-refractivity contribution in [3.63, 3.8) is 0 Å². The van der Waals surface area contributed by atoms with Crippen LogP contribution in [0.15, 0.2) is 194 Å². The average Bonchev–Trinajstić information content (AvgIpc) is 3.26. The molecule has 0 nitrogen and oxygen atoms in total. The molecule has 2 aliphatic heterocycles. The molecule has 0 atom stereocenters. The van der Waals surface area contributed by atoms with E-state index >= 15 is 0 Å². The SMILES string of the molecule is B1C2CCCC1CCC2.c1ccc(P(c2ccccc2)c2ccc3ccccc3c2-c2c(P(c3ccccc3)c3ccccc3)ccc3ccccc23)cc1. The van der Waals surface area contributed by atoms with Gasteiger partial charge in [-0.15, -0.1) is 0 Å². The minimum absolute atomic E-state index is 0.852. The van der Waals surface area contributed by atoms with Crippen molar-refractivity contribution in [3.05, 3.63) is 194 Å². The van der Waals surface area contributed by atoms with Crippen molar-refractivity contribution in [2.24, 2.45) is 0 Å². The molecule has 0 aromatic heterocycles. The Balaban J connectivity index is 0.000000385. The molecule has 0 unspecified atom stereocenters. The highest BCUT2D eigenvalue weighted by Crippen LogP contribution is 2.46. The number of fused-ring (bicyclic) bond motifs is 4. The first kappa shape index (κ1) is 35.9. The Hall–Kier alpha value is -4.80. The zero-order valence-corrected chi connectivity index (χ0v) is 33.3. The van der Waals surface area contributed by atoms with Gasteiger partial charge in [0.25, 0.3) is 0 Å². The first-order chi connectivity index (χ1) is 27.3. The smallest absolute Gasteiger partial charge is 0.0654 e. The Kier molecular flexibility index (Phi) is 11.0. The summed E-state index contributed by atoms with van der Waals surface area (Å²) in [4.78, 5) is 0. The van der Waals surface area contributed by atoms with Gasteiger partial charge in [-0.3, -0.25) is 0 Å². The van der Waals surface area contributed by atoms with Crippen molar-refractivity contribution in [1.29, 1.82) is 0 Å². The maximum absolute atomic E-state index is 2.42. The molecule has 10 rings (SSSR count). The van der Waals surface area contributed by atoms with Gasteiger partial charge in [-0.1, -0.05) is 244 Å². The standard InChI is InChI=1S/C44H32P2.C8H15B/c1-5-19-35(20-6-1)45(36-21-7-2-8-22-36)41-31-29-33-17-13-15-27-39(33)43(41)44-40-28-16-14-18-34(40)30-32-42(44)46(37-23-9-3-10-24-37)38-25-11-4-12-26-38;1-3-7-5-2-6-8(4-1)9-7/h1-32H;7-9H,1-6H2. The molecule has 2 heterocycles. The summed E-state index contributed by atoms with van der Waals surface area (Å²) in [5, 5.41) is 13.3. The van der Waals surface area contributed by atoms with E-state index in [0.717, 1.165) is 11.6 Å². The third-order valence-electron chi connectivity index (χ3n) is 11.7. The normalized spacial score (nSPS) is 16.4. The van der Waals surface area contributed by atoms with Gasteiger partial charge in [0.05, 0.1) is 0 Å². The summed E-state index contributed by atoms with van der Waals surface area (Å²) in [6.07, 6.45) is 9.28. The van der Waals surface area contributed by atoms with Crippen LogP contribution in [0, 0.1) is 0 Å². The highest BCUT2D eigenvalue weighted by atomic mass is 31.1.